The molecule has 96 valence electrons. The molecule has 1 aromatic heterocycles. The van der Waals surface area contributed by atoms with E-state index in [0.29, 0.717) is 17.5 Å². The lowest BCUT2D eigenvalue weighted by atomic mass is 9.84. The van der Waals surface area contributed by atoms with Gasteiger partial charge in [0.1, 0.15) is 0 Å². The highest BCUT2D eigenvalue weighted by atomic mass is 16.1. The third-order valence-electron chi connectivity index (χ3n) is 3.88. The maximum atomic E-state index is 12.1. The summed E-state index contributed by atoms with van der Waals surface area (Å²) in [4.78, 5) is 16.0. The number of rotatable bonds is 2. The van der Waals surface area contributed by atoms with Crippen LogP contribution in [0, 0.1) is 5.92 Å². The van der Waals surface area contributed by atoms with E-state index in [1.54, 1.807) is 24.5 Å². The van der Waals surface area contributed by atoms with Crippen molar-refractivity contribution in [2.24, 2.45) is 5.92 Å². The van der Waals surface area contributed by atoms with E-state index in [1.165, 1.54) is 25.7 Å². The van der Waals surface area contributed by atoms with Gasteiger partial charge in [0, 0.05) is 24.4 Å². The first kappa shape index (κ1) is 11.6. The predicted molar refractivity (Wildman–Crippen MR) is 67.5 cm³/mol. The minimum atomic E-state index is -0.0615. The molecule has 2 fully saturated rings. The molecule has 1 aliphatic carbocycles. The summed E-state index contributed by atoms with van der Waals surface area (Å²) >= 11 is 0. The lowest BCUT2D eigenvalue weighted by molar-refractivity contribution is 0.0916. The fourth-order valence-corrected chi connectivity index (χ4v) is 2.91. The first-order valence-corrected chi connectivity index (χ1v) is 6.56. The number of pyridine rings is 1. The van der Waals surface area contributed by atoms with Crippen LogP contribution in [0.2, 0.25) is 0 Å². The van der Waals surface area contributed by atoms with Crippen molar-refractivity contribution < 1.29 is 4.79 Å². The highest BCUT2D eigenvalue weighted by Crippen LogP contribution is 2.29. The van der Waals surface area contributed by atoms with Gasteiger partial charge in [-0.3, -0.25) is 15.2 Å². The number of nitrogens with zero attached hydrogens (tertiary/aromatic N) is 1. The molecule has 1 saturated heterocycles. The molecule has 3 N–H and O–H groups in total. The maximum Gasteiger partial charge on any atom is 0.254 e. The van der Waals surface area contributed by atoms with E-state index in [2.05, 4.69) is 21.2 Å². The van der Waals surface area contributed by atoms with Gasteiger partial charge >= 0.3 is 0 Å². The Balaban J connectivity index is 1.65. The first-order chi connectivity index (χ1) is 8.84. The van der Waals surface area contributed by atoms with Crippen molar-refractivity contribution in [1.82, 2.24) is 21.2 Å². The van der Waals surface area contributed by atoms with Gasteiger partial charge < -0.3 is 5.32 Å². The number of aromatic nitrogens is 1. The third kappa shape index (κ3) is 2.23. The standard InChI is InChI=1S/C13H18N4O/c18-13(9-4-3-7-14-8-9)15-12-10-5-1-2-6-11(10)16-17-12/h3-4,7-8,10-12,16-17H,1-2,5-6H2,(H,15,18). The number of amides is 1. The van der Waals surface area contributed by atoms with E-state index in [9.17, 15) is 4.79 Å². The molecule has 5 nitrogen and oxygen atoms in total. The number of hydrogen-bond donors (Lipinski definition) is 3. The van der Waals surface area contributed by atoms with Crippen LogP contribution in [0.25, 0.3) is 0 Å². The molecule has 1 amide bonds. The zero-order valence-electron chi connectivity index (χ0n) is 10.2. The number of carbonyl (C=O) groups is 1. The molecule has 2 heterocycles. The van der Waals surface area contributed by atoms with Crippen LogP contribution in [0.5, 0.6) is 0 Å². The Morgan fingerprint density at radius 1 is 1.33 bits per heavy atom. The Kier molecular flexibility index (Phi) is 3.25. The molecule has 3 unspecified atom stereocenters. The van der Waals surface area contributed by atoms with Crippen LogP contribution in [0.1, 0.15) is 36.0 Å². The van der Waals surface area contributed by atoms with Gasteiger partial charge in [0.2, 0.25) is 0 Å². The molecule has 1 aliphatic heterocycles. The van der Waals surface area contributed by atoms with E-state index in [0.717, 1.165) is 0 Å². The Morgan fingerprint density at radius 2 is 2.22 bits per heavy atom. The second-order valence-electron chi connectivity index (χ2n) is 5.04. The maximum absolute atomic E-state index is 12.1. The number of nitrogens with one attached hydrogen (secondary N) is 3. The quantitative estimate of drug-likeness (QED) is 0.722. The monoisotopic (exact) mass is 246 g/mol. The SMILES string of the molecule is O=C(NC1NNC2CCCCC21)c1cccnc1. The molecular weight excluding hydrogens is 228 g/mol. The highest BCUT2D eigenvalue weighted by Gasteiger charge is 2.37. The van der Waals surface area contributed by atoms with Crippen molar-refractivity contribution in [2.75, 3.05) is 0 Å². The number of hydrazine groups is 1. The summed E-state index contributed by atoms with van der Waals surface area (Å²) in [6.45, 7) is 0. The minimum Gasteiger partial charge on any atom is -0.335 e. The van der Waals surface area contributed by atoms with Crippen molar-refractivity contribution >= 4 is 5.91 Å². The molecule has 0 spiro atoms. The minimum absolute atomic E-state index is 0.0306. The number of carbonyl (C=O) groups excluding carboxylic acids is 1. The van der Waals surface area contributed by atoms with Crippen LogP contribution in [-0.2, 0) is 0 Å². The summed E-state index contributed by atoms with van der Waals surface area (Å²) in [6.07, 6.45) is 8.19. The molecule has 1 saturated carbocycles. The van der Waals surface area contributed by atoms with Gasteiger partial charge in [-0.05, 0) is 25.0 Å². The van der Waals surface area contributed by atoms with Crippen LogP contribution < -0.4 is 16.2 Å². The second kappa shape index (κ2) is 5.04. The molecule has 0 radical (unpaired) electrons. The molecule has 5 heteroatoms. The van der Waals surface area contributed by atoms with Crippen LogP contribution in [-0.4, -0.2) is 23.1 Å². The van der Waals surface area contributed by atoms with Gasteiger partial charge in [-0.1, -0.05) is 12.8 Å². The summed E-state index contributed by atoms with van der Waals surface area (Å²) in [7, 11) is 0. The Morgan fingerprint density at radius 3 is 3.06 bits per heavy atom. The summed E-state index contributed by atoms with van der Waals surface area (Å²) in [5, 5.41) is 3.04. The molecule has 0 bridgehead atoms. The highest BCUT2D eigenvalue weighted by molar-refractivity contribution is 5.94. The fourth-order valence-electron chi connectivity index (χ4n) is 2.91. The van der Waals surface area contributed by atoms with E-state index in [1.807, 2.05) is 0 Å². The summed E-state index contributed by atoms with van der Waals surface area (Å²) < 4.78 is 0. The lowest BCUT2D eigenvalue weighted by Crippen LogP contribution is -2.47. The van der Waals surface area contributed by atoms with E-state index in [4.69, 9.17) is 0 Å². The van der Waals surface area contributed by atoms with Crippen molar-refractivity contribution in [3.8, 4) is 0 Å². The van der Waals surface area contributed by atoms with Crippen LogP contribution in [0.3, 0.4) is 0 Å². The van der Waals surface area contributed by atoms with Gasteiger partial charge in [0.15, 0.2) is 0 Å². The molecular formula is C13H18N4O. The van der Waals surface area contributed by atoms with Gasteiger partial charge in [-0.2, -0.15) is 0 Å². The smallest absolute Gasteiger partial charge is 0.254 e. The van der Waals surface area contributed by atoms with E-state index >= 15 is 0 Å². The second-order valence-corrected chi connectivity index (χ2v) is 5.04. The number of hydrogen-bond acceptors (Lipinski definition) is 4. The summed E-state index contributed by atoms with van der Waals surface area (Å²) in [6, 6.07) is 4.06. The zero-order valence-corrected chi connectivity index (χ0v) is 10.2. The van der Waals surface area contributed by atoms with Crippen LogP contribution in [0.4, 0.5) is 0 Å². The van der Waals surface area contributed by atoms with Crippen molar-refractivity contribution in [3.63, 3.8) is 0 Å². The lowest BCUT2D eigenvalue weighted by Gasteiger charge is -2.27. The summed E-state index contributed by atoms with van der Waals surface area (Å²) in [5.41, 5.74) is 7.09. The zero-order chi connectivity index (χ0) is 12.4. The largest absolute Gasteiger partial charge is 0.335 e. The summed E-state index contributed by atoms with van der Waals surface area (Å²) in [5.74, 6) is 0.438. The molecule has 2 aliphatic rings. The van der Waals surface area contributed by atoms with E-state index in [-0.39, 0.29) is 12.1 Å². The molecule has 3 rings (SSSR count). The van der Waals surface area contributed by atoms with E-state index < -0.39 is 0 Å². The molecule has 3 atom stereocenters. The van der Waals surface area contributed by atoms with Crippen molar-refractivity contribution in [1.29, 1.82) is 0 Å². The molecule has 0 aromatic carbocycles. The van der Waals surface area contributed by atoms with Gasteiger partial charge in [-0.15, -0.1) is 0 Å². The van der Waals surface area contributed by atoms with Crippen molar-refractivity contribution in [3.05, 3.63) is 30.1 Å². The average Bonchev–Trinajstić information content (AvgIpc) is 2.83. The van der Waals surface area contributed by atoms with Gasteiger partial charge in [-0.25, -0.2) is 5.43 Å². The Labute approximate surface area is 106 Å². The Hall–Kier alpha value is -1.46. The topological polar surface area (TPSA) is 66.1 Å². The van der Waals surface area contributed by atoms with Crippen molar-refractivity contribution in [2.45, 2.75) is 37.9 Å². The fraction of sp³-hybridized carbons (Fsp3) is 0.538. The van der Waals surface area contributed by atoms with Gasteiger partial charge in [0.05, 0.1) is 11.7 Å². The van der Waals surface area contributed by atoms with Gasteiger partial charge in [0.25, 0.3) is 5.91 Å². The number of fused-ring (bicyclic) bond motifs is 1. The molecule has 1 aromatic rings. The predicted octanol–water partition coefficient (Wildman–Crippen LogP) is 0.804. The first-order valence-electron chi connectivity index (χ1n) is 6.56. The average molecular weight is 246 g/mol. The van der Waals surface area contributed by atoms with Crippen LogP contribution >= 0.6 is 0 Å². The normalized spacial score (nSPS) is 30.8. The third-order valence-corrected chi connectivity index (χ3v) is 3.88. The molecule has 18 heavy (non-hydrogen) atoms. The Bertz CT molecular complexity index is 422. The van der Waals surface area contributed by atoms with Crippen LogP contribution in [0.15, 0.2) is 24.5 Å².